The summed E-state index contributed by atoms with van der Waals surface area (Å²) in [6.07, 6.45) is -0.249. The Morgan fingerprint density at radius 3 is 2.19 bits per heavy atom. The molecule has 1 aliphatic heterocycles. The van der Waals surface area contributed by atoms with E-state index in [4.69, 9.17) is 19.8 Å². The van der Waals surface area contributed by atoms with E-state index in [2.05, 4.69) is 0 Å². The number of benzene rings is 1. The van der Waals surface area contributed by atoms with Crippen LogP contribution < -0.4 is 4.90 Å². The first-order valence-electron chi connectivity index (χ1n) is 4.65. The van der Waals surface area contributed by atoms with Crippen molar-refractivity contribution in [1.29, 1.82) is 0 Å². The highest BCUT2D eigenvalue weighted by Gasteiger charge is 2.22. The van der Waals surface area contributed by atoms with Crippen molar-refractivity contribution in [2.75, 3.05) is 18.1 Å². The Morgan fingerprint density at radius 2 is 1.75 bits per heavy atom. The molecule has 0 bridgehead atoms. The Hall–Kier alpha value is -1.57. The van der Waals surface area contributed by atoms with Gasteiger partial charge in [-0.2, -0.15) is 0 Å². The summed E-state index contributed by atoms with van der Waals surface area (Å²) in [6, 6.07) is 9.52. The largest absolute Gasteiger partial charge is 0.631 e. The molecule has 0 radical (unpaired) electrons. The molecule has 1 aromatic rings. The van der Waals surface area contributed by atoms with Crippen molar-refractivity contribution < 1.29 is 24.6 Å². The Morgan fingerprint density at radius 1 is 1.19 bits per heavy atom. The van der Waals surface area contributed by atoms with Gasteiger partial charge in [0, 0.05) is 5.69 Å². The number of carbonyl (C=O) groups excluding carboxylic acids is 1. The van der Waals surface area contributed by atoms with Gasteiger partial charge in [-0.25, -0.2) is 4.79 Å². The third-order valence-electron chi connectivity index (χ3n) is 1.83. The van der Waals surface area contributed by atoms with Gasteiger partial charge in [0.15, 0.2) is 0 Å². The van der Waals surface area contributed by atoms with E-state index < -0.39 is 7.32 Å². The SMILES string of the molecule is O=C1OCCN1c1ccccc1.OB(O)O. The molecule has 0 unspecified atom stereocenters. The molecule has 6 nitrogen and oxygen atoms in total. The Bertz CT molecular complexity index is 329. The van der Waals surface area contributed by atoms with E-state index in [9.17, 15) is 4.79 Å². The van der Waals surface area contributed by atoms with Gasteiger partial charge in [0.25, 0.3) is 0 Å². The van der Waals surface area contributed by atoms with E-state index in [1.807, 2.05) is 30.3 Å². The van der Waals surface area contributed by atoms with Gasteiger partial charge in [0.2, 0.25) is 0 Å². The second-order valence-corrected chi connectivity index (χ2v) is 2.95. The van der Waals surface area contributed by atoms with Crippen molar-refractivity contribution in [1.82, 2.24) is 0 Å². The standard InChI is InChI=1S/C9H9NO2.BH3O3/c11-9-10(6-7-12-9)8-4-2-1-3-5-8;2-1(3)4/h1-5H,6-7H2;2-4H. The molecule has 0 saturated carbocycles. The monoisotopic (exact) mass is 225 g/mol. The fourth-order valence-corrected chi connectivity index (χ4v) is 1.24. The summed E-state index contributed by atoms with van der Waals surface area (Å²) in [4.78, 5) is 12.7. The second-order valence-electron chi connectivity index (χ2n) is 2.95. The van der Waals surface area contributed by atoms with E-state index >= 15 is 0 Å². The van der Waals surface area contributed by atoms with Crippen molar-refractivity contribution in [2.45, 2.75) is 0 Å². The minimum atomic E-state index is -2.17. The van der Waals surface area contributed by atoms with Gasteiger partial charge in [-0.05, 0) is 12.1 Å². The highest BCUT2D eigenvalue weighted by molar-refractivity contribution is 6.30. The predicted octanol–water partition coefficient (Wildman–Crippen LogP) is -0.409. The number of para-hydroxylation sites is 1. The fourth-order valence-electron chi connectivity index (χ4n) is 1.24. The van der Waals surface area contributed by atoms with Crippen molar-refractivity contribution in [2.24, 2.45) is 0 Å². The third kappa shape index (κ3) is 3.89. The molecule has 7 heteroatoms. The van der Waals surface area contributed by atoms with E-state index in [1.54, 1.807) is 4.90 Å². The summed E-state index contributed by atoms with van der Waals surface area (Å²) in [7, 11) is -2.17. The van der Waals surface area contributed by atoms with Crippen molar-refractivity contribution in [3.8, 4) is 0 Å². The predicted molar refractivity (Wildman–Crippen MR) is 57.5 cm³/mol. The molecule has 0 atom stereocenters. The second kappa shape index (κ2) is 6.11. The van der Waals surface area contributed by atoms with E-state index in [1.165, 1.54) is 0 Å². The lowest BCUT2D eigenvalue weighted by Crippen LogP contribution is -2.22. The maximum absolute atomic E-state index is 11.1. The van der Waals surface area contributed by atoms with Gasteiger partial charge in [-0.15, -0.1) is 0 Å². The van der Waals surface area contributed by atoms with Gasteiger partial charge in [0.05, 0.1) is 6.54 Å². The molecule has 3 N–H and O–H groups in total. The van der Waals surface area contributed by atoms with E-state index in [0.29, 0.717) is 13.2 Å². The smallest absolute Gasteiger partial charge is 0.447 e. The van der Waals surface area contributed by atoms with E-state index in [-0.39, 0.29) is 6.09 Å². The molecule has 86 valence electrons. The molecule has 1 aromatic carbocycles. The molecule has 1 saturated heterocycles. The number of nitrogens with zero attached hydrogens (tertiary/aromatic N) is 1. The molecule has 16 heavy (non-hydrogen) atoms. The van der Waals surface area contributed by atoms with Crippen LogP contribution in [-0.2, 0) is 4.74 Å². The normalized spacial score (nSPS) is 13.9. The number of anilines is 1. The summed E-state index contributed by atoms with van der Waals surface area (Å²) >= 11 is 0. The number of hydrogen-bond donors (Lipinski definition) is 3. The number of hydrogen-bond acceptors (Lipinski definition) is 5. The molecule has 1 amide bonds. The fraction of sp³-hybridized carbons (Fsp3) is 0.222. The maximum atomic E-state index is 11.1. The van der Waals surface area contributed by atoms with Crippen LogP contribution in [0.5, 0.6) is 0 Å². The molecule has 0 spiro atoms. The van der Waals surface area contributed by atoms with Crippen LogP contribution in [0.15, 0.2) is 30.3 Å². The Kier molecular flexibility index (Phi) is 4.78. The zero-order valence-corrected chi connectivity index (χ0v) is 8.48. The molecule has 0 aliphatic carbocycles. The lowest BCUT2D eigenvalue weighted by Gasteiger charge is -2.11. The summed E-state index contributed by atoms with van der Waals surface area (Å²) in [5, 5.41) is 21.5. The van der Waals surface area contributed by atoms with Crippen molar-refractivity contribution in [3.05, 3.63) is 30.3 Å². The van der Waals surface area contributed by atoms with Crippen molar-refractivity contribution >= 4 is 19.1 Å². The van der Waals surface area contributed by atoms with Crippen LogP contribution in [0.25, 0.3) is 0 Å². The van der Waals surface area contributed by atoms with Gasteiger partial charge in [-0.3, -0.25) is 4.90 Å². The van der Waals surface area contributed by atoms with Crippen LogP contribution in [0.3, 0.4) is 0 Å². The third-order valence-corrected chi connectivity index (χ3v) is 1.83. The summed E-state index contributed by atoms with van der Waals surface area (Å²) in [5.41, 5.74) is 0.903. The Balaban J connectivity index is 0.000000280. The van der Waals surface area contributed by atoms with Crippen LogP contribution in [0, 0.1) is 0 Å². The maximum Gasteiger partial charge on any atom is 0.631 e. The molecule has 1 heterocycles. The minimum Gasteiger partial charge on any atom is -0.447 e. The zero-order chi connectivity index (χ0) is 12.0. The zero-order valence-electron chi connectivity index (χ0n) is 8.48. The molecule has 2 rings (SSSR count). The highest BCUT2D eigenvalue weighted by Crippen LogP contribution is 2.16. The van der Waals surface area contributed by atoms with Gasteiger partial charge < -0.3 is 19.8 Å². The summed E-state index contributed by atoms with van der Waals surface area (Å²) in [6.45, 7) is 1.15. The number of ether oxygens (including phenoxy) is 1. The van der Waals surface area contributed by atoms with Crippen LogP contribution in [-0.4, -0.2) is 41.6 Å². The lowest BCUT2D eigenvalue weighted by molar-refractivity contribution is 0.181. The highest BCUT2D eigenvalue weighted by atomic mass is 16.6. The molecule has 1 aliphatic rings. The van der Waals surface area contributed by atoms with E-state index in [0.717, 1.165) is 5.69 Å². The first kappa shape index (κ1) is 12.5. The number of rotatable bonds is 1. The quantitative estimate of drug-likeness (QED) is 0.565. The molecule has 0 aromatic heterocycles. The van der Waals surface area contributed by atoms with Crippen LogP contribution in [0.4, 0.5) is 10.5 Å². The molecular formula is C9H12BNO5. The van der Waals surface area contributed by atoms with Gasteiger partial charge in [0.1, 0.15) is 6.61 Å². The number of cyclic esters (lactones) is 1. The van der Waals surface area contributed by atoms with Crippen molar-refractivity contribution in [3.63, 3.8) is 0 Å². The Labute approximate surface area is 92.9 Å². The average molecular weight is 225 g/mol. The topological polar surface area (TPSA) is 90.2 Å². The van der Waals surface area contributed by atoms with Gasteiger partial charge >= 0.3 is 13.4 Å². The minimum absolute atomic E-state index is 0.249. The summed E-state index contributed by atoms with van der Waals surface area (Å²) in [5.74, 6) is 0. The van der Waals surface area contributed by atoms with Crippen LogP contribution in [0.2, 0.25) is 0 Å². The van der Waals surface area contributed by atoms with Crippen LogP contribution >= 0.6 is 0 Å². The average Bonchev–Trinajstić information content (AvgIpc) is 2.65. The summed E-state index contributed by atoms with van der Waals surface area (Å²) < 4.78 is 4.81. The first-order valence-corrected chi connectivity index (χ1v) is 4.65. The first-order chi connectivity index (χ1) is 7.61. The molecule has 1 fully saturated rings. The van der Waals surface area contributed by atoms with Crippen LogP contribution in [0.1, 0.15) is 0 Å². The number of amides is 1. The molecular weight excluding hydrogens is 213 g/mol. The van der Waals surface area contributed by atoms with Gasteiger partial charge in [-0.1, -0.05) is 18.2 Å². The number of carbonyl (C=O) groups is 1. The lowest BCUT2D eigenvalue weighted by atomic mass is 10.3.